The first kappa shape index (κ1) is 12.3. The van der Waals surface area contributed by atoms with Crippen molar-refractivity contribution < 1.29 is 19.4 Å². The van der Waals surface area contributed by atoms with Gasteiger partial charge in [-0.3, -0.25) is 4.79 Å². The zero-order chi connectivity index (χ0) is 10.4. The second-order valence-corrected chi connectivity index (χ2v) is 2.97. The molecule has 0 aliphatic rings. The maximum absolute atomic E-state index is 11.1. The Hall–Kier alpha value is -0.650. The first-order valence-electron chi connectivity index (χ1n) is 4.12. The number of aliphatic hydroxyl groups is 1. The molecule has 78 valence electrons. The number of rotatable bonds is 5. The lowest BCUT2D eigenvalue weighted by Gasteiger charge is -2.17. The van der Waals surface area contributed by atoms with Crippen LogP contribution in [0.15, 0.2) is 0 Å². The third kappa shape index (κ3) is 4.82. The molecule has 0 aromatic rings. The van der Waals surface area contributed by atoms with Crippen LogP contribution in [0.3, 0.4) is 0 Å². The molecule has 0 radical (unpaired) electrons. The van der Waals surface area contributed by atoms with Crippen molar-refractivity contribution in [2.45, 2.75) is 32.1 Å². The Morgan fingerprint density at radius 2 is 2.08 bits per heavy atom. The van der Waals surface area contributed by atoms with Gasteiger partial charge in [0.2, 0.25) is 0 Å². The Labute approximate surface area is 77.8 Å². The number of carbonyl (C=O) groups is 1. The van der Waals surface area contributed by atoms with Crippen LogP contribution in [0.5, 0.6) is 0 Å². The smallest absolute Gasteiger partial charge is 0.325 e. The lowest BCUT2D eigenvalue weighted by molar-refractivity contribution is -0.154. The van der Waals surface area contributed by atoms with Gasteiger partial charge in [-0.25, -0.2) is 0 Å². The molecule has 0 fully saturated rings. The molecule has 0 aliphatic carbocycles. The van der Waals surface area contributed by atoms with Crippen LogP contribution in [-0.4, -0.2) is 43.0 Å². The van der Waals surface area contributed by atoms with E-state index in [2.05, 4.69) is 0 Å². The molecule has 1 unspecified atom stereocenters. The molecule has 13 heavy (non-hydrogen) atoms. The fraction of sp³-hybridized carbons (Fsp3) is 0.875. The molecule has 3 atom stereocenters. The summed E-state index contributed by atoms with van der Waals surface area (Å²) >= 11 is 0. The Bertz CT molecular complexity index is 160. The summed E-state index contributed by atoms with van der Waals surface area (Å²) in [7, 11) is 1.51. The van der Waals surface area contributed by atoms with E-state index in [9.17, 15) is 4.79 Å². The molecule has 5 heteroatoms. The number of esters is 1. The van der Waals surface area contributed by atoms with Gasteiger partial charge < -0.3 is 20.3 Å². The minimum absolute atomic E-state index is 0.318. The van der Waals surface area contributed by atoms with E-state index in [1.165, 1.54) is 14.0 Å². The summed E-state index contributed by atoms with van der Waals surface area (Å²) in [6.45, 7) is 3.45. The van der Waals surface area contributed by atoms with Gasteiger partial charge in [0.15, 0.2) is 0 Å². The van der Waals surface area contributed by atoms with Crippen molar-refractivity contribution >= 4 is 5.97 Å². The zero-order valence-electron chi connectivity index (χ0n) is 8.19. The standard InChI is InChI=1S/C8H17NO4/c1-5(4-12-3)13-8(11)7(9)6(2)10/h5-7,10H,4,9H2,1-3H3/t5?,6-,7+/m1/s1. The fourth-order valence-corrected chi connectivity index (χ4v) is 0.743. The molecule has 5 nitrogen and oxygen atoms in total. The van der Waals surface area contributed by atoms with Crippen LogP contribution in [0.25, 0.3) is 0 Å². The highest BCUT2D eigenvalue weighted by Crippen LogP contribution is 1.97. The van der Waals surface area contributed by atoms with Crippen molar-refractivity contribution in [3.05, 3.63) is 0 Å². The molecule has 0 heterocycles. The van der Waals surface area contributed by atoms with Crippen LogP contribution in [-0.2, 0) is 14.3 Å². The van der Waals surface area contributed by atoms with Gasteiger partial charge >= 0.3 is 5.97 Å². The van der Waals surface area contributed by atoms with E-state index in [1.54, 1.807) is 6.92 Å². The van der Waals surface area contributed by atoms with Gasteiger partial charge in [0, 0.05) is 7.11 Å². The first-order chi connectivity index (χ1) is 5.99. The highest BCUT2D eigenvalue weighted by Gasteiger charge is 2.22. The molecule has 0 bridgehead atoms. The van der Waals surface area contributed by atoms with Gasteiger partial charge in [-0.05, 0) is 13.8 Å². The van der Waals surface area contributed by atoms with E-state index in [4.69, 9.17) is 20.3 Å². The Morgan fingerprint density at radius 1 is 1.54 bits per heavy atom. The molecule has 0 aromatic carbocycles. The van der Waals surface area contributed by atoms with Gasteiger partial charge in [0.1, 0.15) is 12.1 Å². The van der Waals surface area contributed by atoms with E-state index >= 15 is 0 Å². The summed E-state index contributed by atoms with van der Waals surface area (Å²) in [6.07, 6.45) is -1.25. The van der Waals surface area contributed by atoms with Gasteiger partial charge in [0.05, 0.1) is 12.7 Å². The van der Waals surface area contributed by atoms with Gasteiger partial charge in [0.25, 0.3) is 0 Å². The van der Waals surface area contributed by atoms with Gasteiger partial charge in [-0.15, -0.1) is 0 Å². The number of hydrogen-bond acceptors (Lipinski definition) is 5. The topological polar surface area (TPSA) is 81.8 Å². The van der Waals surface area contributed by atoms with Gasteiger partial charge in [-0.2, -0.15) is 0 Å². The Morgan fingerprint density at radius 3 is 2.46 bits per heavy atom. The predicted molar refractivity (Wildman–Crippen MR) is 47.1 cm³/mol. The molecule has 0 spiro atoms. The molecule has 0 saturated heterocycles. The van der Waals surface area contributed by atoms with E-state index in [-0.39, 0.29) is 6.10 Å². The maximum Gasteiger partial charge on any atom is 0.325 e. The van der Waals surface area contributed by atoms with Crippen molar-refractivity contribution in [1.29, 1.82) is 0 Å². The average molecular weight is 191 g/mol. The first-order valence-corrected chi connectivity index (χ1v) is 4.12. The highest BCUT2D eigenvalue weighted by atomic mass is 16.6. The third-order valence-corrected chi connectivity index (χ3v) is 1.51. The largest absolute Gasteiger partial charge is 0.459 e. The van der Waals surface area contributed by atoms with Crippen molar-refractivity contribution in [2.24, 2.45) is 5.73 Å². The molecule has 0 amide bonds. The number of nitrogens with two attached hydrogens (primary N) is 1. The molecule has 0 saturated carbocycles. The normalized spacial score (nSPS) is 17.6. The zero-order valence-corrected chi connectivity index (χ0v) is 8.19. The summed E-state index contributed by atoms with van der Waals surface area (Å²) < 4.78 is 9.63. The van der Waals surface area contributed by atoms with Crippen LogP contribution < -0.4 is 5.73 Å². The third-order valence-electron chi connectivity index (χ3n) is 1.51. The number of aliphatic hydroxyl groups excluding tert-OH is 1. The van der Waals surface area contributed by atoms with Gasteiger partial charge in [-0.1, -0.05) is 0 Å². The fourth-order valence-electron chi connectivity index (χ4n) is 0.743. The molecule has 0 rings (SSSR count). The SMILES string of the molecule is COCC(C)OC(=O)[C@@H](N)[C@@H](C)O. The minimum Gasteiger partial charge on any atom is -0.459 e. The summed E-state index contributed by atoms with van der Waals surface area (Å²) in [5, 5.41) is 8.98. The van der Waals surface area contributed by atoms with Crippen LogP contribution >= 0.6 is 0 Å². The van der Waals surface area contributed by atoms with Crippen LogP contribution in [0.2, 0.25) is 0 Å². The predicted octanol–water partition coefficient (Wildman–Crippen LogP) is -0.727. The summed E-state index contributed by atoms with van der Waals surface area (Å²) in [4.78, 5) is 11.1. The summed E-state index contributed by atoms with van der Waals surface area (Å²) in [5.41, 5.74) is 5.34. The Kier molecular flexibility index (Phi) is 5.61. The number of carbonyl (C=O) groups excluding carboxylic acids is 1. The second-order valence-electron chi connectivity index (χ2n) is 2.97. The Balaban J connectivity index is 3.85. The lowest BCUT2D eigenvalue weighted by Crippen LogP contribution is -2.43. The lowest BCUT2D eigenvalue weighted by atomic mass is 10.2. The van der Waals surface area contributed by atoms with E-state index in [0.29, 0.717) is 6.61 Å². The highest BCUT2D eigenvalue weighted by molar-refractivity contribution is 5.76. The van der Waals surface area contributed by atoms with Crippen molar-refractivity contribution in [2.75, 3.05) is 13.7 Å². The number of ether oxygens (including phenoxy) is 2. The van der Waals surface area contributed by atoms with Crippen molar-refractivity contribution in [1.82, 2.24) is 0 Å². The van der Waals surface area contributed by atoms with E-state index < -0.39 is 18.1 Å². The molecular formula is C8H17NO4. The molecule has 0 aliphatic heterocycles. The van der Waals surface area contributed by atoms with E-state index in [0.717, 1.165) is 0 Å². The monoisotopic (exact) mass is 191 g/mol. The van der Waals surface area contributed by atoms with Crippen LogP contribution in [0.4, 0.5) is 0 Å². The van der Waals surface area contributed by atoms with Crippen LogP contribution in [0.1, 0.15) is 13.8 Å². The van der Waals surface area contributed by atoms with Crippen molar-refractivity contribution in [3.8, 4) is 0 Å². The molecular weight excluding hydrogens is 174 g/mol. The maximum atomic E-state index is 11.1. The van der Waals surface area contributed by atoms with Crippen molar-refractivity contribution in [3.63, 3.8) is 0 Å². The summed E-state index contributed by atoms with van der Waals surface area (Å²) in [5.74, 6) is -0.612. The second kappa shape index (κ2) is 5.90. The molecule has 0 aromatic heterocycles. The number of methoxy groups -OCH3 is 1. The summed E-state index contributed by atoms with van der Waals surface area (Å²) in [6, 6.07) is -0.987. The van der Waals surface area contributed by atoms with Crippen LogP contribution in [0, 0.1) is 0 Å². The van der Waals surface area contributed by atoms with E-state index in [1.807, 2.05) is 0 Å². The number of hydrogen-bond donors (Lipinski definition) is 2. The quantitative estimate of drug-likeness (QED) is 0.560. The molecule has 3 N–H and O–H groups in total. The minimum atomic E-state index is -0.987. The average Bonchev–Trinajstić information content (AvgIpc) is 2.03.